The summed E-state index contributed by atoms with van der Waals surface area (Å²) in [5.41, 5.74) is 2.72. The molecule has 8 heteroatoms. The molecule has 2 aromatic carbocycles. The molecule has 1 saturated heterocycles. The highest BCUT2D eigenvalue weighted by atomic mass is 32.2. The zero-order chi connectivity index (χ0) is 21.8. The number of nitrogens with zero attached hydrogens (tertiary/aromatic N) is 2. The first-order valence-electron chi connectivity index (χ1n) is 10.7. The van der Waals surface area contributed by atoms with E-state index in [1.807, 2.05) is 12.1 Å². The van der Waals surface area contributed by atoms with Crippen molar-refractivity contribution in [2.45, 2.75) is 38.5 Å². The van der Waals surface area contributed by atoms with Crippen LogP contribution in [0.25, 0.3) is 0 Å². The Morgan fingerprint density at radius 2 is 1.71 bits per heavy atom. The number of benzene rings is 2. The monoisotopic (exact) mass is 443 g/mol. The van der Waals surface area contributed by atoms with Gasteiger partial charge in [-0.15, -0.1) is 0 Å². The van der Waals surface area contributed by atoms with Crippen molar-refractivity contribution in [2.75, 3.05) is 30.2 Å². The van der Waals surface area contributed by atoms with E-state index >= 15 is 0 Å². The minimum atomic E-state index is -3.52. The number of amides is 1. The summed E-state index contributed by atoms with van der Waals surface area (Å²) in [6.45, 7) is 3.60. The number of nitrogens with one attached hydrogen (secondary N) is 1. The summed E-state index contributed by atoms with van der Waals surface area (Å²) in [4.78, 5) is 15.2. The van der Waals surface area contributed by atoms with Crippen molar-refractivity contribution >= 4 is 21.6 Å². The molecule has 2 aliphatic heterocycles. The molecule has 0 spiro atoms. The van der Waals surface area contributed by atoms with Crippen LogP contribution in [0.4, 0.5) is 5.69 Å². The largest absolute Gasteiger partial charge is 0.476 e. The number of carbonyl (C=O) groups excluding carboxylic acids is 1. The van der Waals surface area contributed by atoms with Gasteiger partial charge < -0.3 is 10.1 Å². The molecule has 31 heavy (non-hydrogen) atoms. The standard InChI is InChI=1S/C23H29N3O4S/c1-31(28,29)26-17-22(30-21-8-4-3-7-20(21)26)23(27)24-15-18-9-11-19(12-10-18)16-25-13-5-2-6-14-25/h3-4,7-12,22H,2,5-6,13-17H2,1H3,(H,24,27)/t22-/m0/s1. The number of hydrogen-bond donors (Lipinski definition) is 1. The van der Waals surface area contributed by atoms with Crippen LogP contribution in [0.15, 0.2) is 48.5 Å². The zero-order valence-corrected chi connectivity index (χ0v) is 18.6. The number of para-hydroxylation sites is 2. The molecule has 0 saturated carbocycles. The highest BCUT2D eigenvalue weighted by molar-refractivity contribution is 7.92. The van der Waals surface area contributed by atoms with E-state index in [1.54, 1.807) is 24.3 Å². The third-order valence-electron chi connectivity index (χ3n) is 5.77. The van der Waals surface area contributed by atoms with Crippen LogP contribution in [-0.4, -0.2) is 51.2 Å². The lowest BCUT2D eigenvalue weighted by atomic mass is 10.1. The number of fused-ring (bicyclic) bond motifs is 1. The SMILES string of the molecule is CS(=O)(=O)N1C[C@@H](C(=O)NCc2ccc(CN3CCCCC3)cc2)Oc2ccccc21. The Morgan fingerprint density at radius 1 is 1.03 bits per heavy atom. The van der Waals surface area contributed by atoms with Gasteiger partial charge in [0, 0.05) is 13.1 Å². The van der Waals surface area contributed by atoms with Gasteiger partial charge in [0.25, 0.3) is 5.91 Å². The van der Waals surface area contributed by atoms with Crippen LogP contribution in [0, 0.1) is 0 Å². The van der Waals surface area contributed by atoms with Gasteiger partial charge in [0.05, 0.1) is 18.5 Å². The Hall–Kier alpha value is -2.58. The van der Waals surface area contributed by atoms with Crippen molar-refractivity contribution < 1.29 is 17.9 Å². The van der Waals surface area contributed by atoms with Crippen LogP contribution in [0.3, 0.4) is 0 Å². The van der Waals surface area contributed by atoms with Crippen molar-refractivity contribution in [3.8, 4) is 5.75 Å². The average molecular weight is 444 g/mol. The maximum Gasteiger partial charge on any atom is 0.263 e. The number of carbonyl (C=O) groups is 1. The van der Waals surface area contributed by atoms with E-state index in [0.29, 0.717) is 18.0 Å². The minimum Gasteiger partial charge on any atom is -0.476 e. The molecular formula is C23H29N3O4S. The van der Waals surface area contributed by atoms with Crippen molar-refractivity contribution in [3.05, 3.63) is 59.7 Å². The number of anilines is 1. The molecule has 4 rings (SSSR count). The van der Waals surface area contributed by atoms with E-state index in [1.165, 1.54) is 29.1 Å². The predicted molar refractivity (Wildman–Crippen MR) is 120 cm³/mol. The third kappa shape index (κ3) is 5.37. The molecule has 1 N–H and O–H groups in total. The van der Waals surface area contributed by atoms with E-state index in [2.05, 4.69) is 22.3 Å². The van der Waals surface area contributed by atoms with Crippen molar-refractivity contribution in [2.24, 2.45) is 0 Å². The fourth-order valence-electron chi connectivity index (χ4n) is 4.09. The van der Waals surface area contributed by atoms with E-state index in [4.69, 9.17) is 4.74 Å². The second-order valence-electron chi connectivity index (χ2n) is 8.24. The van der Waals surface area contributed by atoms with Crippen LogP contribution < -0.4 is 14.4 Å². The van der Waals surface area contributed by atoms with Gasteiger partial charge in [0.2, 0.25) is 10.0 Å². The summed E-state index contributed by atoms with van der Waals surface area (Å²) in [6.07, 6.45) is 4.11. The number of sulfonamides is 1. The minimum absolute atomic E-state index is 0.0452. The Balaban J connectivity index is 1.35. The van der Waals surface area contributed by atoms with Crippen molar-refractivity contribution in [1.29, 1.82) is 0 Å². The Kier molecular flexibility index (Phi) is 6.48. The van der Waals surface area contributed by atoms with Crippen LogP contribution in [0.5, 0.6) is 5.75 Å². The van der Waals surface area contributed by atoms with E-state index < -0.39 is 16.1 Å². The van der Waals surface area contributed by atoms with Gasteiger partial charge in [-0.3, -0.25) is 14.0 Å². The Morgan fingerprint density at radius 3 is 2.42 bits per heavy atom. The molecule has 1 atom stereocenters. The van der Waals surface area contributed by atoms with Gasteiger partial charge >= 0.3 is 0 Å². The predicted octanol–water partition coefficient (Wildman–Crippen LogP) is 2.52. The van der Waals surface area contributed by atoms with Crippen molar-refractivity contribution in [1.82, 2.24) is 10.2 Å². The molecule has 0 bridgehead atoms. The van der Waals surface area contributed by atoms with Crippen LogP contribution in [0.2, 0.25) is 0 Å². The number of piperidine rings is 1. The molecule has 0 aliphatic carbocycles. The van der Waals surface area contributed by atoms with Gasteiger partial charge in [-0.2, -0.15) is 0 Å². The summed E-state index contributed by atoms with van der Waals surface area (Å²) in [7, 11) is -3.52. The van der Waals surface area contributed by atoms with Gasteiger partial charge in [-0.05, 0) is 49.2 Å². The van der Waals surface area contributed by atoms with Gasteiger partial charge in [0.1, 0.15) is 5.75 Å². The lowest BCUT2D eigenvalue weighted by Crippen LogP contribution is -2.50. The highest BCUT2D eigenvalue weighted by Crippen LogP contribution is 2.34. The van der Waals surface area contributed by atoms with Crippen molar-refractivity contribution in [3.63, 3.8) is 0 Å². The number of hydrogen-bond acceptors (Lipinski definition) is 5. The molecule has 166 valence electrons. The van der Waals surface area contributed by atoms with Gasteiger partial charge in [-0.1, -0.05) is 42.8 Å². The quantitative estimate of drug-likeness (QED) is 0.742. The molecule has 2 heterocycles. The lowest BCUT2D eigenvalue weighted by Gasteiger charge is -2.33. The van der Waals surface area contributed by atoms with Crippen LogP contribution in [0.1, 0.15) is 30.4 Å². The van der Waals surface area contributed by atoms with Gasteiger partial charge in [-0.25, -0.2) is 8.42 Å². The topological polar surface area (TPSA) is 79.0 Å². The average Bonchev–Trinajstić information content (AvgIpc) is 2.77. The number of ether oxygens (including phenoxy) is 1. The van der Waals surface area contributed by atoms with E-state index in [9.17, 15) is 13.2 Å². The molecule has 1 fully saturated rings. The molecule has 2 aliphatic rings. The lowest BCUT2D eigenvalue weighted by molar-refractivity contribution is -0.127. The Bertz CT molecular complexity index is 1020. The molecule has 0 aromatic heterocycles. The van der Waals surface area contributed by atoms with Gasteiger partial charge in [0.15, 0.2) is 6.10 Å². The molecule has 2 aromatic rings. The van der Waals surface area contributed by atoms with E-state index in [0.717, 1.165) is 31.5 Å². The second-order valence-corrected chi connectivity index (χ2v) is 10.1. The summed E-state index contributed by atoms with van der Waals surface area (Å²) >= 11 is 0. The van der Waals surface area contributed by atoms with Crippen LogP contribution >= 0.6 is 0 Å². The highest BCUT2D eigenvalue weighted by Gasteiger charge is 2.34. The molecular weight excluding hydrogens is 414 g/mol. The summed E-state index contributed by atoms with van der Waals surface area (Å²) in [5, 5.41) is 2.88. The summed E-state index contributed by atoms with van der Waals surface area (Å²) in [5.74, 6) is 0.0573. The first kappa shape index (κ1) is 21.6. The number of rotatable bonds is 6. The normalized spacial score (nSPS) is 19.4. The molecule has 0 unspecified atom stereocenters. The molecule has 0 radical (unpaired) electrons. The maximum atomic E-state index is 12.7. The number of likely N-dealkylation sites (tertiary alicyclic amines) is 1. The van der Waals surface area contributed by atoms with Crippen LogP contribution in [-0.2, 0) is 27.9 Å². The fraction of sp³-hybridized carbons (Fsp3) is 0.435. The first-order valence-corrected chi connectivity index (χ1v) is 12.6. The zero-order valence-electron chi connectivity index (χ0n) is 17.8. The maximum absolute atomic E-state index is 12.7. The fourth-order valence-corrected chi connectivity index (χ4v) is 5.01. The summed E-state index contributed by atoms with van der Waals surface area (Å²) < 4.78 is 31.4. The summed E-state index contributed by atoms with van der Waals surface area (Å²) in [6, 6.07) is 15.1. The van der Waals surface area contributed by atoms with E-state index in [-0.39, 0.29) is 12.5 Å². The Labute approximate surface area is 184 Å². The molecule has 7 nitrogen and oxygen atoms in total. The second kappa shape index (κ2) is 9.28. The smallest absolute Gasteiger partial charge is 0.263 e. The first-order chi connectivity index (χ1) is 14.9. The third-order valence-corrected chi connectivity index (χ3v) is 6.92. The molecule has 1 amide bonds.